The lowest BCUT2D eigenvalue weighted by molar-refractivity contribution is 0.441. The number of sulfone groups is 1. The van der Waals surface area contributed by atoms with E-state index in [-0.39, 0.29) is 52.6 Å². The molecule has 226 valence electrons. The number of sulfonamides is 1. The lowest BCUT2D eigenvalue weighted by atomic mass is 10.0. The third-order valence-electron chi connectivity index (χ3n) is 7.06. The molecule has 2 aliphatic rings. The number of nitrogens with one attached hydrogen (secondary N) is 1. The van der Waals surface area contributed by atoms with E-state index in [4.69, 9.17) is 28.1 Å². The Hall–Kier alpha value is -3.45. The average Bonchev–Trinajstić information content (AvgIpc) is 2.91. The maximum atomic E-state index is 13.5. The summed E-state index contributed by atoms with van der Waals surface area (Å²) in [5.41, 5.74) is 24.7. The van der Waals surface area contributed by atoms with Crippen LogP contribution in [-0.2, 0) is 19.9 Å². The lowest BCUT2D eigenvalue weighted by Crippen LogP contribution is -2.54. The number of nitrogens with two attached hydrogens (primary N) is 5. The Kier molecular flexibility index (Phi) is 8.35. The number of primary sulfonamides is 1. The number of aromatic nitrogens is 3. The van der Waals surface area contributed by atoms with Gasteiger partial charge in [-0.15, -0.1) is 0 Å². The van der Waals surface area contributed by atoms with Crippen molar-refractivity contribution in [2.45, 2.75) is 51.7 Å². The first-order valence-electron chi connectivity index (χ1n) is 13.3. The first kappa shape index (κ1) is 30.0. The monoisotopic (exact) mass is 617 g/mol. The number of rotatable bonds is 7. The van der Waals surface area contributed by atoms with Gasteiger partial charge in [0, 0.05) is 50.3 Å². The van der Waals surface area contributed by atoms with Crippen molar-refractivity contribution in [2.75, 3.05) is 41.3 Å². The molecule has 42 heavy (non-hydrogen) atoms. The summed E-state index contributed by atoms with van der Waals surface area (Å²) >= 11 is 0. The highest BCUT2D eigenvalue weighted by Gasteiger charge is 2.31. The molecule has 0 bridgehead atoms. The average molecular weight is 618 g/mol. The summed E-state index contributed by atoms with van der Waals surface area (Å²) in [6, 6.07) is 10.6. The molecular formula is C25H35N11O4S2. The molecule has 2 aromatic carbocycles. The Morgan fingerprint density at radius 1 is 0.690 bits per heavy atom. The third kappa shape index (κ3) is 6.46. The minimum Gasteiger partial charge on any atom is -0.338 e. The Bertz CT molecular complexity index is 1590. The van der Waals surface area contributed by atoms with Crippen LogP contribution >= 0.6 is 0 Å². The van der Waals surface area contributed by atoms with Crippen molar-refractivity contribution in [1.82, 2.24) is 15.0 Å². The molecule has 0 unspecified atom stereocenters. The van der Waals surface area contributed by atoms with Gasteiger partial charge in [0.15, 0.2) is 0 Å². The molecule has 2 saturated heterocycles. The molecule has 11 N–H and O–H groups in total. The van der Waals surface area contributed by atoms with Crippen molar-refractivity contribution in [1.29, 1.82) is 0 Å². The second-order valence-corrected chi connectivity index (χ2v) is 14.1. The molecule has 0 saturated carbocycles. The molecule has 3 heterocycles. The van der Waals surface area contributed by atoms with Gasteiger partial charge in [0.25, 0.3) is 0 Å². The molecule has 4 atom stereocenters. The van der Waals surface area contributed by atoms with E-state index in [1.807, 2.05) is 9.80 Å². The molecule has 2 aliphatic heterocycles. The molecule has 2 fully saturated rings. The fraction of sp³-hybridized carbons (Fsp3) is 0.400. The smallest absolute Gasteiger partial charge is 0.241 e. The zero-order valence-electron chi connectivity index (χ0n) is 22.7. The largest absolute Gasteiger partial charge is 0.338 e. The van der Waals surface area contributed by atoms with Crippen LogP contribution in [0.2, 0.25) is 0 Å². The van der Waals surface area contributed by atoms with Crippen molar-refractivity contribution >= 4 is 43.4 Å². The van der Waals surface area contributed by atoms with Crippen LogP contribution < -0.4 is 43.2 Å². The first-order valence-corrected chi connectivity index (χ1v) is 16.4. The van der Waals surface area contributed by atoms with Gasteiger partial charge in [-0.2, -0.15) is 15.0 Å². The summed E-state index contributed by atoms with van der Waals surface area (Å²) in [7, 11) is -8.83. The molecule has 0 radical (unpaired) electrons. The zero-order chi connectivity index (χ0) is 30.2. The number of hydrogen-bond donors (Lipinski definition) is 6. The second-order valence-electron chi connectivity index (χ2n) is 10.7. The highest BCUT2D eigenvalue weighted by Crippen LogP contribution is 2.34. The van der Waals surface area contributed by atoms with E-state index in [2.05, 4.69) is 20.3 Å². The molecule has 3 aromatic rings. The molecule has 5 rings (SSSR count). The SMILES string of the molecule is N[C@@H]1C[C@H](N)CN(c2nc(Nc3cccc(S(=O)(=O)c4ccccc4)c3S(N)(=O)=O)nc(N3C[C@H](N)C[C@H](N)C3)n2)C1. The Balaban J connectivity index is 1.61. The van der Waals surface area contributed by atoms with Crippen molar-refractivity contribution in [3.05, 3.63) is 48.5 Å². The van der Waals surface area contributed by atoms with Gasteiger partial charge < -0.3 is 38.1 Å². The number of nitrogens with zero attached hydrogens (tertiary/aromatic N) is 5. The third-order valence-corrected chi connectivity index (χ3v) is 10.0. The fourth-order valence-electron chi connectivity index (χ4n) is 5.34. The molecule has 0 amide bonds. The van der Waals surface area contributed by atoms with Crippen LogP contribution in [0, 0.1) is 0 Å². The normalized spacial score (nSPS) is 23.5. The number of anilines is 4. The van der Waals surface area contributed by atoms with Gasteiger partial charge in [0.1, 0.15) is 4.90 Å². The Morgan fingerprint density at radius 2 is 1.19 bits per heavy atom. The number of piperidine rings is 2. The van der Waals surface area contributed by atoms with Gasteiger partial charge in [-0.05, 0) is 37.1 Å². The van der Waals surface area contributed by atoms with Crippen LogP contribution in [0.5, 0.6) is 0 Å². The Morgan fingerprint density at radius 3 is 1.67 bits per heavy atom. The maximum absolute atomic E-state index is 13.5. The molecule has 0 aliphatic carbocycles. The molecular weight excluding hydrogens is 582 g/mol. The van der Waals surface area contributed by atoms with Gasteiger partial charge in [0.2, 0.25) is 37.7 Å². The maximum Gasteiger partial charge on any atom is 0.241 e. The highest BCUT2D eigenvalue weighted by molar-refractivity contribution is 7.93. The quantitative estimate of drug-likeness (QED) is 0.183. The van der Waals surface area contributed by atoms with E-state index in [1.165, 1.54) is 42.5 Å². The van der Waals surface area contributed by atoms with Gasteiger partial charge in [-0.1, -0.05) is 24.3 Å². The second kappa shape index (κ2) is 11.7. The summed E-state index contributed by atoms with van der Waals surface area (Å²) < 4.78 is 52.7. The van der Waals surface area contributed by atoms with Crippen molar-refractivity contribution in [3.8, 4) is 0 Å². The Labute approximate surface area is 244 Å². The van der Waals surface area contributed by atoms with Crippen LogP contribution in [0.1, 0.15) is 12.8 Å². The van der Waals surface area contributed by atoms with E-state index in [9.17, 15) is 16.8 Å². The van der Waals surface area contributed by atoms with Crippen LogP contribution in [0.3, 0.4) is 0 Å². The van der Waals surface area contributed by atoms with E-state index in [0.29, 0.717) is 39.0 Å². The minimum absolute atomic E-state index is 0.0467. The van der Waals surface area contributed by atoms with Crippen LogP contribution in [-0.4, -0.2) is 82.1 Å². The van der Waals surface area contributed by atoms with Crippen LogP contribution in [0.15, 0.2) is 63.2 Å². The van der Waals surface area contributed by atoms with Gasteiger partial charge in [-0.25, -0.2) is 22.0 Å². The van der Waals surface area contributed by atoms with E-state index in [1.54, 1.807) is 6.07 Å². The van der Waals surface area contributed by atoms with E-state index < -0.39 is 29.7 Å². The molecule has 1 aromatic heterocycles. The predicted octanol–water partition coefficient (Wildman–Crippen LogP) is -1.18. The van der Waals surface area contributed by atoms with Gasteiger partial charge in [0.05, 0.1) is 15.5 Å². The van der Waals surface area contributed by atoms with Crippen molar-refractivity contribution < 1.29 is 16.8 Å². The van der Waals surface area contributed by atoms with Crippen molar-refractivity contribution in [2.24, 2.45) is 28.1 Å². The van der Waals surface area contributed by atoms with Crippen LogP contribution in [0.4, 0.5) is 23.5 Å². The van der Waals surface area contributed by atoms with E-state index in [0.717, 1.165) is 0 Å². The van der Waals surface area contributed by atoms with Gasteiger partial charge >= 0.3 is 0 Å². The number of benzene rings is 2. The molecule has 0 spiro atoms. The fourth-order valence-corrected chi connectivity index (χ4v) is 8.18. The summed E-state index contributed by atoms with van der Waals surface area (Å²) in [5, 5.41) is 8.47. The summed E-state index contributed by atoms with van der Waals surface area (Å²) in [6.45, 7) is 1.73. The van der Waals surface area contributed by atoms with Crippen molar-refractivity contribution in [3.63, 3.8) is 0 Å². The zero-order valence-corrected chi connectivity index (χ0v) is 24.4. The summed E-state index contributed by atoms with van der Waals surface area (Å²) in [5.74, 6) is 0.464. The first-order chi connectivity index (χ1) is 19.8. The summed E-state index contributed by atoms with van der Waals surface area (Å²) in [4.78, 5) is 16.2. The standard InChI is InChI=1S/C25H35N11O4S2/c26-15-9-16(27)12-35(11-15)24-32-23(33-25(34-24)36-13-17(28)10-18(29)14-36)31-20-7-4-8-21(22(20)42(30,39)40)41(37,38)19-5-2-1-3-6-19/h1-8,15-18H,9-14,26-29H2,(H2,30,39,40)(H,31,32,33,34)/t15-,16+,17-,18+. The number of hydrogen-bond acceptors (Lipinski definition) is 14. The van der Waals surface area contributed by atoms with Gasteiger partial charge in [-0.3, -0.25) is 0 Å². The molecule has 17 heteroatoms. The predicted molar refractivity (Wildman–Crippen MR) is 158 cm³/mol. The van der Waals surface area contributed by atoms with Crippen LogP contribution in [0.25, 0.3) is 0 Å². The highest BCUT2D eigenvalue weighted by atomic mass is 32.2. The molecule has 15 nitrogen and oxygen atoms in total. The summed E-state index contributed by atoms with van der Waals surface area (Å²) in [6.07, 6.45) is 1.27. The van der Waals surface area contributed by atoms with E-state index >= 15 is 0 Å². The topological polar surface area (TPSA) is 256 Å². The minimum atomic E-state index is -4.57. The lowest BCUT2D eigenvalue weighted by Gasteiger charge is -2.37.